The maximum absolute atomic E-state index is 4.37. The third-order valence-corrected chi connectivity index (χ3v) is 3.79. The van der Waals surface area contributed by atoms with Gasteiger partial charge in [0.15, 0.2) is 0 Å². The molecule has 1 heterocycles. The summed E-state index contributed by atoms with van der Waals surface area (Å²) in [4.78, 5) is 4.37. The lowest BCUT2D eigenvalue weighted by atomic mass is 10.0. The van der Waals surface area contributed by atoms with Crippen molar-refractivity contribution < 1.29 is 0 Å². The summed E-state index contributed by atoms with van der Waals surface area (Å²) >= 11 is 0. The molecule has 0 radical (unpaired) electrons. The Hall–Kier alpha value is -1.89. The summed E-state index contributed by atoms with van der Waals surface area (Å²) in [5, 5.41) is 0. The van der Waals surface area contributed by atoms with Gasteiger partial charge in [-0.05, 0) is 60.9 Å². The Balaban J connectivity index is 1.49. The summed E-state index contributed by atoms with van der Waals surface area (Å²) in [7, 11) is 0. The van der Waals surface area contributed by atoms with Gasteiger partial charge in [0, 0.05) is 11.9 Å². The van der Waals surface area contributed by atoms with Crippen molar-refractivity contribution in [1.29, 1.82) is 0 Å². The largest absolute Gasteiger partial charge is 0.261 e. The molecule has 1 heteroatoms. The molecule has 0 fully saturated rings. The lowest BCUT2D eigenvalue weighted by Gasteiger charge is -2.05. The molecule has 1 aromatic heterocycles. The Morgan fingerprint density at radius 2 is 1.74 bits per heavy atom. The fourth-order valence-corrected chi connectivity index (χ4v) is 2.76. The van der Waals surface area contributed by atoms with Crippen LogP contribution in [0.4, 0.5) is 0 Å². The normalized spacial score (nSPS) is 13.2. The SMILES string of the molecule is C1=C(CCCCc2ccccn2)c2ccccc2C1. The third kappa shape index (κ3) is 2.93. The fraction of sp³-hybridized carbons (Fsp3) is 0.278. The molecule has 0 bridgehead atoms. The van der Waals surface area contributed by atoms with E-state index in [0.29, 0.717) is 0 Å². The highest BCUT2D eigenvalue weighted by molar-refractivity contribution is 5.72. The quantitative estimate of drug-likeness (QED) is 0.714. The van der Waals surface area contributed by atoms with E-state index < -0.39 is 0 Å². The van der Waals surface area contributed by atoms with Crippen molar-refractivity contribution >= 4 is 5.57 Å². The Morgan fingerprint density at radius 1 is 0.895 bits per heavy atom. The zero-order valence-electron chi connectivity index (χ0n) is 11.2. The third-order valence-electron chi connectivity index (χ3n) is 3.79. The smallest absolute Gasteiger partial charge is 0.0403 e. The number of nitrogens with zero attached hydrogens (tertiary/aromatic N) is 1. The predicted molar refractivity (Wildman–Crippen MR) is 79.9 cm³/mol. The maximum Gasteiger partial charge on any atom is 0.0403 e. The van der Waals surface area contributed by atoms with Crippen LogP contribution in [0.5, 0.6) is 0 Å². The van der Waals surface area contributed by atoms with Gasteiger partial charge in [0.2, 0.25) is 0 Å². The van der Waals surface area contributed by atoms with Crippen LogP contribution >= 0.6 is 0 Å². The Bertz CT molecular complexity index is 569. The first-order valence-electron chi connectivity index (χ1n) is 7.11. The van der Waals surface area contributed by atoms with Gasteiger partial charge in [0.1, 0.15) is 0 Å². The van der Waals surface area contributed by atoms with Gasteiger partial charge >= 0.3 is 0 Å². The first kappa shape index (κ1) is 12.2. The summed E-state index contributed by atoms with van der Waals surface area (Å²) in [5.41, 5.74) is 5.71. The van der Waals surface area contributed by atoms with Gasteiger partial charge < -0.3 is 0 Å². The molecule has 0 saturated heterocycles. The fourth-order valence-electron chi connectivity index (χ4n) is 2.76. The highest BCUT2D eigenvalue weighted by Gasteiger charge is 2.12. The monoisotopic (exact) mass is 249 g/mol. The average molecular weight is 249 g/mol. The second-order valence-electron chi connectivity index (χ2n) is 5.12. The zero-order chi connectivity index (χ0) is 12.9. The topological polar surface area (TPSA) is 12.9 Å². The van der Waals surface area contributed by atoms with Crippen molar-refractivity contribution in [3.63, 3.8) is 0 Å². The number of hydrogen-bond acceptors (Lipinski definition) is 1. The number of pyridine rings is 1. The number of unbranched alkanes of at least 4 members (excludes halogenated alkanes) is 1. The molecular weight excluding hydrogens is 230 g/mol. The predicted octanol–water partition coefficient (Wildman–Crippen LogP) is 4.43. The van der Waals surface area contributed by atoms with Crippen LogP contribution in [0.3, 0.4) is 0 Å². The summed E-state index contributed by atoms with van der Waals surface area (Å²) in [6.07, 6.45) is 10.1. The summed E-state index contributed by atoms with van der Waals surface area (Å²) in [6.45, 7) is 0. The lowest BCUT2D eigenvalue weighted by Crippen LogP contribution is -1.90. The Kier molecular flexibility index (Phi) is 3.73. The standard InChI is InChI=1S/C18H19N/c1(3-9-17-10-5-6-14-19-17)7-15-12-13-16-8-2-4-11-18(15)16/h2,4-6,8,10-12,14H,1,3,7,9,13H2. The number of allylic oxidation sites excluding steroid dienone is 2. The molecule has 1 aliphatic rings. The number of fused-ring (bicyclic) bond motifs is 1. The highest BCUT2D eigenvalue weighted by Crippen LogP contribution is 2.30. The second kappa shape index (κ2) is 5.83. The molecule has 3 rings (SSSR count). The molecule has 0 atom stereocenters. The van der Waals surface area contributed by atoms with E-state index >= 15 is 0 Å². The van der Waals surface area contributed by atoms with Crippen LogP contribution in [-0.4, -0.2) is 4.98 Å². The van der Waals surface area contributed by atoms with Gasteiger partial charge in [-0.3, -0.25) is 4.98 Å². The minimum atomic E-state index is 1.09. The van der Waals surface area contributed by atoms with Crippen LogP contribution < -0.4 is 0 Å². The van der Waals surface area contributed by atoms with E-state index in [9.17, 15) is 0 Å². The van der Waals surface area contributed by atoms with E-state index in [1.807, 2.05) is 12.3 Å². The van der Waals surface area contributed by atoms with Gasteiger partial charge in [-0.2, -0.15) is 0 Å². The minimum absolute atomic E-state index is 1.09. The first-order chi connectivity index (χ1) is 9.43. The van der Waals surface area contributed by atoms with Crippen LogP contribution in [0.2, 0.25) is 0 Å². The van der Waals surface area contributed by atoms with Crippen molar-refractivity contribution in [2.75, 3.05) is 0 Å². The number of aromatic nitrogens is 1. The Labute approximate surface area is 115 Å². The summed E-state index contributed by atoms with van der Waals surface area (Å²) in [5.74, 6) is 0. The average Bonchev–Trinajstić information content (AvgIpc) is 2.88. The van der Waals surface area contributed by atoms with Gasteiger partial charge in [0.25, 0.3) is 0 Å². The van der Waals surface area contributed by atoms with Gasteiger partial charge in [0.05, 0.1) is 0 Å². The molecule has 0 N–H and O–H groups in total. The van der Waals surface area contributed by atoms with Crippen LogP contribution in [0.25, 0.3) is 5.57 Å². The van der Waals surface area contributed by atoms with E-state index in [-0.39, 0.29) is 0 Å². The first-order valence-corrected chi connectivity index (χ1v) is 7.11. The summed E-state index contributed by atoms with van der Waals surface area (Å²) < 4.78 is 0. The van der Waals surface area contributed by atoms with Gasteiger partial charge in [-0.25, -0.2) is 0 Å². The number of aryl methyl sites for hydroxylation is 1. The van der Waals surface area contributed by atoms with Crippen LogP contribution in [-0.2, 0) is 12.8 Å². The van der Waals surface area contributed by atoms with Crippen LogP contribution in [0.1, 0.15) is 36.1 Å². The molecule has 2 aromatic rings. The molecule has 1 aromatic carbocycles. The highest BCUT2D eigenvalue weighted by atomic mass is 14.7. The van der Waals surface area contributed by atoms with Gasteiger partial charge in [-0.15, -0.1) is 0 Å². The molecule has 19 heavy (non-hydrogen) atoms. The number of benzene rings is 1. The molecule has 1 aliphatic carbocycles. The Morgan fingerprint density at radius 3 is 2.63 bits per heavy atom. The number of rotatable bonds is 5. The molecule has 0 amide bonds. The zero-order valence-corrected chi connectivity index (χ0v) is 11.2. The van der Waals surface area contributed by atoms with Crippen molar-refractivity contribution in [3.8, 4) is 0 Å². The van der Waals surface area contributed by atoms with Crippen LogP contribution in [0.15, 0.2) is 54.7 Å². The van der Waals surface area contributed by atoms with Crippen molar-refractivity contribution in [1.82, 2.24) is 4.98 Å². The molecule has 96 valence electrons. The molecular formula is C18H19N. The van der Waals surface area contributed by atoms with Crippen LogP contribution in [0, 0.1) is 0 Å². The molecule has 0 unspecified atom stereocenters. The summed E-state index contributed by atoms with van der Waals surface area (Å²) in [6, 6.07) is 14.9. The molecule has 0 saturated carbocycles. The molecule has 0 aliphatic heterocycles. The van der Waals surface area contributed by atoms with E-state index in [0.717, 1.165) is 12.8 Å². The van der Waals surface area contributed by atoms with E-state index in [1.54, 1.807) is 0 Å². The molecule has 0 spiro atoms. The van der Waals surface area contributed by atoms with Crippen molar-refractivity contribution in [2.45, 2.75) is 32.1 Å². The van der Waals surface area contributed by atoms with E-state index in [4.69, 9.17) is 0 Å². The maximum atomic E-state index is 4.37. The lowest BCUT2D eigenvalue weighted by molar-refractivity contribution is 0.741. The van der Waals surface area contributed by atoms with Gasteiger partial charge in [-0.1, -0.05) is 36.4 Å². The van der Waals surface area contributed by atoms with E-state index in [1.165, 1.54) is 41.7 Å². The van der Waals surface area contributed by atoms with Crippen molar-refractivity contribution in [2.24, 2.45) is 0 Å². The molecule has 1 nitrogen and oxygen atoms in total. The van der Waals surface area contributed by atoms with E-state index in [2.05, 4.69) is 47.5 Å². The second-order valence-corrected chi connectivity index (χ2v) is 5.12. The number of hydrogen-bond donors (Lipinski definition) is 0. The minimum Gasteiger partial charge on any atom is -0.261 e. The van der Waals surface area contributed by atoms with Crippen molar-refractivity contribution in [3.05, 3.63) is 71.6 Å².